The fourth-order valence-electron chi connectivity index (χ4n) is 3.27. The van der Waals surface area contributed by atoms with Gasteiger partial charge in [-0.15, -0.1) is 11.3 Å². The Morgan fingerprint density at radius 3 is 2.19 bits per heavy atom. The molecule has 148 valence electrons. The van der Waals surface area contributed by atoms with Gasteiger partial charge in [-0.1, -0.05) is 12.5 Å². The number of sulfonamides is 2. The largest absolute Gasteiger partial charge is 0.280 e. The lowest BCUT2D eigenvalue weighted by atomic mass is 10.2. The number of hydrogen-bond acceptors (Lipinski definition) is 5. The highest BCUT2D eigenvalue weighted by atomic mass is 32.2. The van der Waals surface area contributed by atoms with E-state index in [9.17, 15) is 16.8 Å². The predicted molar refractivity (Wildman–Crippen MR) is 108 cm³/mol. The summed E-state index contributed by atoms with van der Waals surface area (Å²) in [6.07, 6.45) is 2.73. The monoisotopic (exact) mass is 428 g/mol. The zero-order chi connectivity index (χ0) is 19.8. The molecule has 0 bridgehead atoms. The first-order chi connectivity index (χ1) is 12.6. The summed E-state index contributed by atoms with van der Waals surface area (Å²) in [5, 5.41) is 0. The Labute approximate surface area is 165 Å². The molecule has 27 heavy (non-hydrogen) atoms. The first-order valence-electron chi connectivity index (χ1n) is 8.82. The Morgan fingerprint density at radius 2 is 1.59 bits per heavy atom. The summed E-state index contributed by atoms with van der Waals surface area (Å²) in [6.45, 7) is 6.34. The fourth-order valence-corrected chi connectivity index (χ4v) is 7.64. The van der Waals surface area contributed by atoms with E-state index in [1.54, 1.807) is 32.0 Å². The maximum absolute atomic E-state index is 13.0. The van der Waals surface area contributed by atoms with Crippen LogP contribution in [0.4, 0.5) is 5.69 Å². The third-order valence-corrected chi connectivity index (χ3v) is 9.30. The number of aryl methyl sites for hydroxylation is 3. The SMILES string of the molecule is Cc1cc(S(=O)(=O)Nc2ccc(C)c(S(=O)(=O)N3CCCCC3)c2)c(C)s1. The van der Waals surface area contributed by atoms with E-state index < -0.39 is 20.0 Å². The second-order valence-corrected chi connectivity index (χ2v) is 11.8. The average molecular weight is 429 g/mol. The number of anilines is 1. The minimum absolute atomic E-state index is 0.155. The van der Waals surface area contributed by atoms with E-state index in [1.165, 1.54) is 21.7 Å². The number of rotatable bonds is 5. The first kappa shape index (κ1) is 20.3. The van der Waals surface area contributed by atoms with Gasteiger partial charge in [0.05, 0.1) is 10.6 Å². The van der Waals surface area contributed by atoms with Crippen LogP contribution in [0.15, 0.2) is 34.1 Å². The maximum Gasteiger partial charge on any atom is 0.262 e. The van der Waals surface area contributed by atoms with Crippen molar-refractivity contribution < 1.29 is 16.8 Å². The molecule has 0 amide bonds. The Balaban J connectivity index is 1.95. The van der Waals surface area contributed by atoms with Crippen molar-refractivity contribution in [3.05, 3.63) is 39.6 Å². The number of nitrogens with zero attached hydrogens (tertiary/aromatic N) is 1. The first-order valence-corrected chi connectivity index (χ1v) is 12.6. The normalized spacial score (nSPS) is 16.4. The van der Waals surface area contributed by atoms with Crippen molar-refractivity contribution in [2.24, 2.45) is 0 Å². The topological polar surface area (TPSA) is 83.5 Å². The van der Waals surface area contributed by atoms with Crippen LogP contribution >= 0.6 is 11.3 Å². The summed E-state index contributed by atoms with van der Waals surface area (Å²) in [7, 11) is -7.41. The fraction of sp³-hybridized carbons (Fsp3) is 0.444. The minimum Gasteiger partial charge on any atom is -0.280 e. The molecule has 1 aromatic heterocycles. The van der Waals surface area contributed by atoms with E-state index >= 15 is 0 Å². The molecule has 1 aliphatic heterocycles. The lowest BCUT2D eigenvalue weighted by Crippen LogP contribution is -2.36. The Bertz CT molecular complexity index is 1050. The molecule has 1 N–H and O–H groups in total. The zero-order valence-corrected chi connectivity index (χ0v) is 18.1. The molecular formula is C18H24N2O4S3. The van der Waals surface area contributed by atoms with Crippen molar-refractivity contribution in [3.63, 3.8) is 0 Å². The van der Waals surface area contributed by atoms with Crippen molar-refractivity contribution in [1.82, 2.24) is 4.31 Å². The lowest BCUT2D eigenvalue weighted by molar-refractivity contribution is 0.346. The third kappa shape index (κ3) is 4.21. The van der Waals surface area contributed by atoms with Gasteiger partial charge in [0, 0.05) is 22.8 Å². The Morgan fingerprint density at radius 1 is 0.926 bits per heavy atom. The van der Waals surface area contributed by atoms with Crippen LogP contribution in [0.25, 0.3) is 0 Å². The van der Waals surface area contributed by atoms with Gasteiger partial charge in [0.15, 0.2) is 0 Å². The van der Waals surface area contributed by atoms with E-state index in [4.69, 9.17) is 0 Å². The van der Waals surface area contributed by atoms with Crippen molar-refractivity contribution in [3.8, 4) is 0 Å². The highest BCUT2D eigenvalue weighted by Gasteiger charge is 2.28. The lowest BCUT2D eigenvalue weighted by Gasteiger charge is -2.26. The molecule has 2 aromatic rings. The van der Waals surface area contributed by atoms with E-state index in [0.29, 0.717) is 23.5 Å². The smallest absolute Gasteiger partial charge is 0.262 e. The predicted octanol–water partition coefficient (Wildman–Crippen LogP) is 3.65. The zero-order valence-electron chi connectivity index (χ0n) is 15.6. The molecular weight excluding hydrogens is 404 g/mol. The molecule has 0 radical (unpaired) electrons. The van der Waals surface area contributed by atoms with Crippen LogP contribution in [0.3, 0.4) is 0 Å². The quantitative estimate of drug-likeness (QED) is 0.788. The maximum atomic E-state index is 13.0. The molecule has 1 fully saturated rings. The second kappa shape index (κ2) is 7.54. The molecule has 0 aliphatic carbocycles. The number of piperidine rings is 1. The van der Waals surface area contributed by atoms with Gasteiger partial charge in [0.25, 0.3) is 10.0 Å². The third-order valence-electron chi connectivity index (χ3n) is 4.66. The molecule has 1 aliphatic rings. The van der Waals surface area contributed by atoms with Gasteiger partial charge in [-0.25, -0.2) is 16.8 Å². The summed E-state index contributed by atoms with van der Waals surface area (Å²) in [6, 6.07) is 6.28. The van der Waals surface area contributed by atoms with Gasteiger partial charge in [-0.3, -0.25) is 4.72 Å². The molecule has 0 unspecified atom stereocenters. The van der Waals surface area contributed by atoms with Crippen molar-refractivity contribution in [1.29, 1.82) is 0 Å². The van der Waals surface area contributed by atoms with E-state index in [1.807, 2.05) is 6.92 Å². The van der Waals surface area contributed by atoms with Crippen molar-refractivity contribution in [2.45, 2.75) is 49.8 Å². The number of nitrogens with one attached hydrogen (secondary N) is 1. The van der Waals surface area contributed by atoms with Gasteiger partial charge >= 0.3 is 0 Å². The minimum atomic E-state index is -3.77. The van der Waals surface area contributed by atoms with Crippen molar-refractivity contribution >= 4 is 37.1 Å². The van der Waals surface area contributed by atoms with Crippen LogP contribution < -0.4 is 4.72 Å². The second-order valence-electron chi connectivity index (χ2n) is 6.83. The van der Waals surface area contributed by atoms with Crippen LogP contribution in [-0.4, -0.2) is 34.2 Å². The van der Waals surface area contributed by atoms with E-state index in [0.717, 1.165) is 24.1 Å². The van der Waals surface area contributed by atoms with Crippen LogP contribution in [-0.2, 0) is 20.0 Å². The summed E-state index contributed by atoms with van der Waals surface area (Å²) >= 11 is 1.41. The van der Waals surface area contributed by atoms with Gasteiger partial charge < -0.3 is 0 Å². The summed E-state index contributed by atoms with van der Waals surface area (Å²) in [5.41, 5.74) is 0.852. The number of hydrogen-bond donors (Lipinski definition) is 1. The summed E-state index contributed by atoms with van der Waals surface area (Å²) in [5.74, 6) is 0. The number of thiophene rings is 1. The van der Waals surface area contributed by atoms with Gasteiger partial charge in [0.2, 0.25) is 10.0 Å². The van der Waals surface area contributed by atoms with Gasteiger partial charge in [0.1, 0.15) is 4.90 Å². The van der Waals surface area contributed by atoms with Crippen LogP contribution in [0.5, 0.6) is 0 Å². The van der Waals surface area contributed by atoms with Crippen LogP contribution in [0.1, 0.15) is 34.6 Å². The Hall–Kier alpha value is -1.42. The molecule has 9 heteroatoms. The molecule has 0 saturated carbocycles. The molecule has 6 nitrogen and oxygen atoms in total. The molecule has 2 heterocycles. The number of benzene rings is 1. The highest BCUT2D eigenvalue weighted by Crippen LogP contribution is 2.29. The van der Waals surface area contributed by atoms with Crippen LogP contribution in [0, 0.1) is 20.8 Å². The molecule has 0 spiro atoms. The molecule has 1 saturated heterocycles. The summed E-state index contributed by atoms with van der Waals surface area (Å²) in [4.78, 5) is 1.99. The molecule has 3 rings (SSSR count). The van der Waals surface area contributed by atoms with Gasteiger partial charge in [-0.2, -0.15) is 4.31 Å². The Kier molecular flexibility index (Phi) is 5.67. The molecule has 0 atom stereocenters. The summed E-state index contributed by atoms with van der Waals surface area (Å²) < 4.78 is 55.5. The van der Waals surface area contributed by atoms with E-state index in [2.05, 4.69) is 4.72 Å². The standard InChI is InChI=1S/C18H24N2O4S3/c1-13-7-8-16(19-26(21,22)18-11-14(2)25-15(18)3)12-17(13)27(23,24)20-9-5-4-6-10-20/h7-8,11-12,19H,4-6,9-10H2,1-3H3. The van der Waals surface area contributed by atoms with E-state index in [-0.39, 0.29) is 15.5 Å². The molecule has 1 aromatic carbocycles. The average Bonchev–Trinajstić information content (AvgIpc) is 2.96. The van der Waals surface area contributed by atoms with Crippen molar-refractivity contribution in [2.75, 3.05) is 17.8 Å². The van der Waals surface area contributed by atoms with Gasteiger partial charge in [-0.05, 0) is 57.4 Å². The van der Waals surface area contributed by atoms with Crippen LogP contribution in [0.2, 0.25) is 0 Å². The highest BCUT2D eigenvalue weighted by molar-refractivity contribution is 7.93.